The SMILES string of the molecule is Cc1cccc(OCCCCOPBr)c1. The fraction of sp³-hybridized carbons (Fsp3) is 0.455. The first kappa shape index (κ1) is 13.0. The number of hydrogen-bond acceptors (Lipinski definition) is 2. The number of benzene rings is 1. The summed E-state index contributed by atoms with van der Waals surface area (Å²) in [5.41, 5.74) is 1.23. The van der Waals surface area contributed by atoms with Crippen LogP contribution in [0.3, 0.4) is 0 Å². The molecule has 1 aromatic rings. The van der Waals surface area contributed by atoms with E-state index in [1.165, 1.54) is 5.56 Å². The van der Waals surface area contributed by atoms with Crippen LogP contribution in [0.15, 0.2) is 24.3 Å². The molecule has 1 rings (SSSR count). The lowest BCUT2D eigenvalue weighted by atomic mass is 10.2. The standard InChI is InChI=1S/C11H16BrO2P/c1-10-5-4-6-11(9-10)13-7-2-3-8-14-15-12/h4-6,9,15H,2-3,7-8H2,1H3. The van der Waals surface area contributed by atoms with Crippen molar-refractivity contribution in [1.29, 1.82) is 0 Å². The first-order valence-corrected chi connectivity index (χ1v) is 8.16. The van der Waals surface area contributed by atoms with Gasteiger partial charge in [-0.25, -0.2) is 0 Å². The van der Waals surface area contributed by atoms with Gasteiger partial charge in [0.15, 0.2) is 0 Å². The molecule has 0 bridgehead atoms. The molecule has 0 aliphatic carbocycles. The highest BCUT2D eigenvalue weighted by Gasteiger charge is 1.94. The van der Waals surface area contributed by atoms with E-state index in [-0.39, 0.29) is 0 Å². The molecule has 4 heteroatoms. The van der Waals surface area contributed by atoms with Crippen LogP contribution in [-0.2, 0) is 4.52 Å². The summed E-state index contributed by atoms with van der Waals surface area (Å²) in [6.07, 6.45) is 2.08. The van der Waals surface area contributed by atoms with Gasteiger partial charge < -0.3 is 9.26 Å². The molecule has 2 nitrogen and oxygen atoms in total. The normalized spacial score (nSPS) is 11.1. The lowest BCUT2D eigenvalue weighted by molar-refractivity contribution is 0.282. The molecular formula is C11H16BrO2P. The molecule has 0 fully saturated rings. The fourth-order valence-electron chi connectivity index (χ4n) is 1.21. The van der Waals surface area contributed by atoms with Gasteiger partial charge in [0.2, 0.25) is 0 Å². The van der Waals surface area contributed by atoms with Crippen molar-refractivity contribution in [2.24, 2.45) is 0 Å². The van der Waals surface area contributed by atoms with Gasteiger partial charge in [0.25, 0.3) is 0 Å². The Hall–Kier alpha value is -0.110. The maximum Gasteiger partial charge on any atom is 0.119 e. The van der Waals surface area contributed by atoms with Crippen molar-refractivity contribution in [3.8, 4) is 5.75 Å². The smallest absolute Gasteiger partial charge is 0.119 e. The van der Waals surface area contributed by atoms with E-state index >= 15 is 0 Å². The summed E-state index contributed by atoms with van der Waals surface area (Å²) in [6.45, 7) is 3.64. The molecule has 0 saturated carbocycles. The Morgan fingerprint density at radius 3 is 2.80 bits per heavy atom. The van der Waals surface area contributed by atoms with Gasteiger partial charge in [-0.05, 0) is 53.0 Å². The molecule has 15 heavy (non-hydrogen) atoms. The van der Waals surface area contributed by atoms with E-state index in [2.05, 4.69) is 34.5 Å². The number of ether oxygens (including phenoxy) is 1. The van der Waals surface area contributed by atoms with Crippen LogP contribution in [0.25, 0.3) is 0 Å². The molecule has 0 aliphatic rings. The second-order valence-corrected chi connectivity index (χ2v) is 4.71. The molecule has 0 aliphatic heterocycles. The Balaban J connectivity index is 2.10. The zero-order valence-corrected chi connectivity index (χ0v) is 11.4. The topological polar surface area (TPSA) is 18.5 Å². The second kappa shape index (κ2) is 8.09. The predicted octanol–water partition coefficient (Wildman–Crippen LogP) is 4.07. The summed E-state index contributed by atoms with van der Waals surface area (Å²) in [7, 11) is 0.413. The van der Waals surface area contributed by atoms with Crippen LogP contribution in [0.2, 0.25) is 0 Å². The Labute approximate surface area is 101 Å². The van der Waals surface area contributed by atoms with Crippen molar-refractivity contribution in [2.45, 2.75) is 19.8 Å². The van der Waals surface area contributed by atoms with Crippen LogP contribution in [0.5, 0.6) is 5.75 Å². The highest BCUT2D eigenvalue weighted by Crippen LogP contribution is 2.20. The number of rotatable bonds is 7. The molecular weight excluding hydrogens is 275 g/mol. The van der Waals surface area contributed by atoms with Crippen LogP contribution in [0, 0.1) is 6.92 Å². The summed E-state index contributed by atoms with van der Waals surface area (Å²) < 4.78 is 10.8. The van der Waals surface area contributed by atoms with E-state index in [4.69, 9.17) is 9.26 Å². The second-order valence-electron chi connectivity index (χ2n) is 3.30. The quantitative estimate of drug-likeness (QED) is 0.557. The first-order valence-electron chi connectivity index (χ1n) is 5.00. The maximum atomic E-state index is 5.60. The first-order chi connectivity index (χ1) is 7.33. The minimum absolute atomic E-state index is 0.413. The Bertz CT molecular complexity index is 281. The Morgan fingerprint density at radius 1 is 1.27 bits per heavy atom. The number of halogens is 1. The highest BCUT2D eigenvalue weighted by molar-refractivity contribution is 9.36. The summed E-state index contributed by atoms with van der Waals surface area (Å²) in [4.78, 5) is 0. The number of aryl methyl sites for hydroxylation is 1. The van der Waals surface area contributed by atoms with E-state index in [0.29, 0.717) is 7.51 Å². The average Bonchev–Trinajstić information content (AvgIpc) is 2.23. The van der Waals surface area contributed by atoms with E-state index < -0.39 is 0 Å². The molecule has 0 amide bonds. The molecule has 84 valence electrons. The highest BCUT2D eigenvalue weighted by atomic mass is 79.9. The number of hydrogen-bond donors (Lipinski definition) is 0. The average molecular weight is 291 g/mol. The van der Waals surface area contributed by atoms with Gasteiger partial charge in [-0.2, -0.15) is 0 Å². The molecule has 0 saturated heterocycles. The summed E-state index contributed by atoms with van der Waals surface area (Å²) in [6, 6.07) is 8.12. The monoisotopic (exact) mass is 290 g/mol. The van der Waals surface area contributed by atoms with Crippen LogP contribution in [0.1, 0.15) is 18.4 Å². The molecule has 1 unspecified atom stereocenters. The van der Waals surface area contributed by atoms with Crippen molar-refractivity contribution in [3.63, 3.8) is 0 Å². The van der Waals surface area contributed by atoms with Crippen molar-refractivity contribution in [2.75, 3.05) is 13.2 Å². The molecule has 0 spiro atoms. The van der Waals surface area contributed by atoms with Gasteiger partial charge in [0.05, 0.1) is 20.7 Å². The van der Waals surface area contributed by atoms with E-state index in [9.17, 15) is 0 Å². The predicted molar refractivity (Wildman–Crippen MR) is 69.1 cm³/mol. The van der Waals surface area contributed by atoms with Crippen LogP contribution >= 0.6 is 23.0 Å². The van der Waals surface area contributed by atoms with E-state index in [1.54, 1.807) is 0 Å². The van der Waals surface area contributed by atoms with E-state index in [0.717, 1.165) is 31.8 Å². The largest absolute Gasteiger partial charge is 0.494 e. The molecule has 0 aromatic heterocycles. The molecule has 1 aromatic carbocycles. The zero-order valence-electron chi connectivity index (χ0n) is 8.83. The molecule has 0 N–H and O–H groups in total. The molecule has 1 atom stereocenters. The van der Waals surface area contributed by atoms with Gasteiger partial charge in [0.1, 0.15) is 5.75 Å². The summed E-state index contributed by atoms with van der Waals surface area (Å²) in [5.74, 6) is 0.957. The number of unbranched alkanes of at least 4 members (excludes halogenated alkanes) is 1. The van der Waals surface area contributed by atoms with Crippen molar-refractivity contribution in [1.82, 2.24) is 0 Å². The third kappa shape index (κ3) is 6.14. The molecule has 0 radical (unpaired) electrons. The minimum atomic E-state index is 0.413. The van der Waals surface area contributed by atoms with Crippen molar-refractivity contribution < 1.29 is 9.26 Å². The summed E-state index contributed by atoms with van der Waals surface area (Å²) >= 11 is 3.24. The van der Waals surface area contributed by atoms with Gasteiger partial charge >= 0.3 is 0 Å². The summed E-state index contributed by atoms with van der Waals surface area (Å²) in [5, 5.41) is 0. The lowest BCUT2D eigenvalue weighted by Gasteiger charge is -2.06. The van der Waals surface area contributed by atoms with Crippen LogP contribution < -0.4 is 4.74 Å². The fourth-order valence-corrected chi connectivity index (χ4v) is 1.92. The van der Waals surface area contributed by atoms with Crippen molar-refractivity contribution in [3.05, 3.63) is 29.8 Å². The van der Waals surface area contributed by atoms with Gasteiger partial charge in [-0.1, -0.05) is 12.1 Å². The Morgan fingerprint density at radius 2 is 2.07 bits per heavy atom. The minimum Gasteiger partial charge on any atom is -0.494 e. The third-order valence-corrected chi connectivity index (χ3v) is 2.95. The third-order valence-electron chi connectivity index (χ3n) is 1.95. The van der Waals surface area contributed by atoms with Gasteiger partial charge in [-0.15, -0.1) is 0 Å². The zero-order chi connectivity index (χ0) is 10.9. The van der Waals surface area contributed by atoms with Gasteiger partial charge in [0, 0.05) is 0 Å². The molecule has 0 heterocycles. The maximum absolute atomic E-state index is 5.60. The lowest BCUT2D eigenvalue weighted by Crippen LogP contribution is -1.98. The van der Waals surface area contributed by atoms with E-state index in [1.807, 2.05) is 12.1 Å². The van der Waals surface area contributed by atoms with Crippen molar-refractivity contribution >= 4 is 23.0 Å². The van der Waals surface area contributed by atoms with Gasteiger partial charge in [-0.3, -0.25) is 0 Å². The Kier molecular flexibility index (Phi) is 6.99. The van der Waals surface area contributed by atoms with Crippen LogP contribution in [0.4, 0.5) is 0 Å². The van der Waals surface area contributed by atoms with Crippen LogP contribution in [-0.4, -0.2) is 13.2 Å².